The Labute approximate surface area is 116 Å². The van der Waals surface area contributed by atoms with E-state index in [1.54, 1.807) is 0 Å². The Balaban J connectivity index is 2.00. The number of carbonyl (C=O) groups is 1. The summed E-state index contributed by atoms with van der Waals surface area (Å²) in [5, 5.41) is 4.04. The van der Waals surface area contributed by atoms with Crippen LogP contribution < -0.4 is 0 Å². The number of aromatic nitrogens is 2. The highest BCUT2D eigenvalue weighted by Gasteiger charge is 2.26. The van der Waals surface area contributed by atoms with E-state index in [2.05, 4.69) is 15.7 Å². The molecule has 0 radical (unpaired) electrons. The summed E-state index contributed by atoms with van der Waals surface area (Å²) >= 11 is 1.21. The highest BCUT2D eigenvalue weighted by Crippen LogP contribution is 2.38. The first-order valence-corrected chi connectivity index (χ1v) is 7.53. The Morgan fingerprint density at radius 2 is 2.16 bits per heavy atom. The average Bonchev–Trinajstić information content (AvgIpc) is 2.85. The third-order valence-electron chi connectivity index (χ3n) is 3.85. The molecule has 0 unspecified atom stereocenters. The van der Waals surface area contributed by atoms with E-state index < -0.39 is 0 Å². The van der Waals surface area contributed by atoms with Gasteiger partial charge in [0.05, 0.1) is 5.69 Å². The van der Waals surface area contributed by atoms with Crippen molar-refractivity contribution >= 4 is 17.3 Å². The molecule has 4 heteroatoms. The topological polar surface area (TPSA) is 42.9 Å². The van der Waals surface area contributed by atoms with Crippen molar-refractivity contribution in [3.8, 4) is 0 Å². The number of hydrogen-bond acceptors (Lipinski definition) is 4. The Bertz CT molecular complexity index is 602. The van der Waals surface area contributed by atoms with Gasteiger partial charge >= 0.3 is 0 Å². The zero-order valence-corrected chi connectivity index (χ0v) is 11.7. The van der Waals surface area contributed by atoms with E-state index >= 15 is 0 Å². The molecule has 0 spiro atoms. The maximum Gasteiger partial charge on any atom is 0.206 e. The summed E-state index contributed by atoms with van der Waals surface area (Å²) in [6.45, 7) is 2.01. The van der Waals surface area contributed by atoms with Gasteiger partial charge in [0.1, 0.15) is 4.88 Å². The van der Waals surface area contributed by atoms with Crippen molar-refractivity contribution in [2.24, 2.45) is 0 Å². The monoisotopic (exact) mass is 272 g/mol. The fraction of sp³-hybridized carbons (Fsp3) is 0.400. The van der Waals surface area contributed by atoms with Gasteiger partial charge < -0.3 is 0 Å². The van der Waals surface area contributed by atoms with Crippen LogP contribution in [0.5, 0.6) is 0 Å². The van der Waals surface area contributed by atoms with Gasteiger partial charge in [0, 0.05) is 5.56 Å². The van der Waals surface area contributed by atoms with Crippen molar-refractivity contribution in [3.63, 3.8) is 0 Å². The second-order valence-electron chi connectivity index (χ2n) is 4.95. The molecule has 1 saturated carbocycles. The summed E-state index contributed by atoms with van der Waals surface area (Å²) in [6.07, 6.45) is 4.43. The van der Waals surface area contributed by atoms with Crippen LogP contribution in [0.15, 0.2) is 24.3 Å². The summed E-state index contributed by atoms with van der Waals surface area (Å²) in [5.74, 6) is 0.653. The van der Waals surface area contributed by atoms with Crippen LogP contribution in [0.2, 0.25) is 0 Å². The summed E-state index contributed by atoms with van der Waals surface area (Å²) in [4.78, 5) is 13.4. The molecule has 1 aliphatic carbocycles. The van der Waals surface area contributed by atoms with Gasteiger partial charge in [0.15, 0.2) is 0 Å². The number of carbonyl (C=O) groups excluding carboxylic acids is 1. The van der Waals surface area contributed by atoms with Gasteiger partial charge in [-0.1, -0.05) is 42.1 Å². The largest absolute Gasteiger partial charge is 0.288 e. The van der Waals surface area contributed by atoms with Crippen LogP contribution in [-0.2, 0) is 6.42 Å². The van der Waals surface area contributed by atoms with Gasteiger partial charge in [-0.2, -0.15) is 0 Å². The minimum atomic E-state index is 0.0920. The van der Waals surface area contributed by atoms with Crippen LogP contribution in [0.25, 0.3) is 0 Å². The summed E-state index contributed by atoms with van der Waals surface area (Å²) < 4.78 is 3.92. The first-order chi connectivity index (χ1) is 9.31. The molecule has 0 aliphatic heterocycles. The first-order valence-electron chi connectivity index (χ1n) is 6.76. The zero-order valence-electron chi connectivity index (χ0n) is 10.9. The minimum Gasteiger partial charge on any atom is -0.288 e. The molecular formula is C15H16N2OS. The summed E-state index contributed by atoms with van der Waals surface area (Å²) in [5.41, 5.74) is 2.86. The van der Waals surface area contributed by atoms with Gasteiger partial charge in [-0.3, -0.25) is 4.79 Å². The SMILES string of the molecule is CCc1nnsc1C(=O)c1ccccc1C1CCC1. The van der Waals surface area contributed by atoms with E-state index in [4.69, 9.17) is 0 Å². The summed E-state index contributed by atoms with van der Waals surface area (Å²) in [6, 6.07) is 8.00. The van der Waals surface area contributed by atoms with Crippen molar-refractivity contribution in [2.75, 3.05) is 0 Å². The number of rotatable bonds is 4. The number of ketones is 1. The molecule has 0 atom stereocenters. The molecule has 98 valence electrons. The number of hydrogen-bond donors (Lipinski definition) is 0. The van der Waals surface area contributed by atoms with Crippen LogP contribution in [0.1, 0.15) is 58.6 Å². The molecule has 0 saturated heterocycles. The standard InChI is InChI=1S/C15H16N2OS/c1-2-13-15(19-17-16-13)14(18)12-9-4-3-8-11(12)10-6-5-7-10/h3-4,8-10H,2,5-7H2,1H3. The molecule has 1 aromatic heterocycles. The molecule has 0 amide bonds. The van der Waals surface area contributed by atoms with Crippen LogP contribution in [0.3, 0.4) is 0 Å². The lowest BCUT2D eigenvalue weighted by atomic mass is 9.77. The zero-order chi connectivity index (χ0) is 13.2. The smallest absolute Gasteiger partial charge is 0.206 e. The molecule has 0 N–H and O–H groups in total. The molecule has 1 heterocycles. The van der Waals surface area contributed by atoms with E-state index in [0.717, 1.165) is 17.7 Å². The second kappa shape index (κ2) is 5.21. The molecule has 1 aromatic carbocycles. The van der Waals surface area contributed by atoms with Crippen LogP contribution >= 0.6 is 11.5 Å². The van der Waals surface area contributed by atoms with Crippen molar-refractivity contribution in [3.05, 3.63) is 46.0 Å². The summed E-state index contributed by atoms with van der Waals surface area (Å²) in [7, 11) is 0. The molecule has 19 heavy (non-hydrogen) atoms. The van der Waals surface area contributed by atoms with E-state index in [0.29, 0.717) is 10.8 Å². The van der Waals surface area contributed by atoms with Crippen molar-refractivity contribution < 1.29 is 4.79 Å². The minimum absolute atomic E-state index is 0.0920. The van der Waals surface area contributed by atoms with Crippen LogP contribution in [0, 0.1) is 0 Å². The highest BCUT2D eigenvalue weighted by molar-refractivity contribution is 7.08. The van der Waals surface area contributed by atoms with Crippen molar-refractivity contribution in [1.29, 1.82) is 0 Å². The van der Waals surface area contributed by atoms with Gasteiger partial charge in [-0.05, 0) is 42.3 Å². The van der Waals surface area contributed by atoms with E-state index in [1.165, 1.54) is 36.4 Å². The maximum atomic E-state index is 12.7. The predicted molar refractivity (Wildman–Crippen MR) is 75.8 cm³/mol. The molecule has 1 fully saturated rings. The Morgan fingerprint density at radius 3 is 2.84 bits per heavy atom. The first kappa shape index (κ1) is 12.5. The van der Waals surface area contributed by atoms with Gasteiger partial charge in [0.25, 0.3) is 0 Å². The second-order valence-corrected chi connectivity index (χ2v) is 5.70. The van der Waals surface area contributed by atoms with Crippen LogP contribution in [0.4, 0.5) is 0 Å². The fourth-order valence-electron chi connectivity index (χ4n) is 2.51. The normalized spacial score (nSPS) is 15.2. The van der Waals surface area contributed by atoms with Crippen molar-refractivity contribution in [1.82, 2.24) is 9.59 Å². The van der Waals surface area contributed by atoms with Crippen LogP contribution in [-0.4, -0.2) is 15.4 Å². The molecule has 1 aliphatic rings. The Kier molecular flexibility index (Phi) is 3.42. The van der Waals surface area contributed by atoms with E-state index in [1.807, 2.05) is 25.1 Å². The highest BCUT2D eigenvalue weighted by atomic mass is 32.1. The predicted octanol–water partition coefficient (Wildman–Crippen LogP) is 3.60. The lowest BCUT2D eigenvalue weighted by Crippen LogP contribution is -2.14. The third kappa shape index (κ3) is 2.21. The Morgan fingerprint density at radius 1 is 1.37 bits per heavy atom. The van der Waals surface area contributed by atoms with E-state index in [9.17, 15) is 4.79 Å². The molecule has 2 aromatic rings. The van der Waals surface area contributed by atoms with Gasteiger partial charge in [0.2, 0.25) is 5.78 Å². The molecule has 0 bridgehead atoms. The van der Waals surface area contributed by atoms with Gasteiger partial charge in [-0.25, -0.2) is 0 Å². The fourth-order valence-corrected chi connectivity index (χ4v) is 3.22. The number of nitrogens with zero attached hydrogens (tertiary/aromatic N) is 2. The molecule has 3 rings (SSSR count). The van der Waals surface area contributed by atoms with Crippen molar-refractivity contribution in [2.45, 2.75) is 38.5 Å². The lowest BCUT2D eigenvalue weighted by molar-refractivity contribution is 0.103. The maximum absolute atomic E-state index is 12.7. The van der Waals surface area contributed by atoms with E-state index in [-0.39, 0.29) is 5.78 Å². The lowest BCUT2D eigenvalue weighted by Gasteiger charge is -2.27. The quantitative estimate of drug-likeness (QED) is 0.799. The number of benzene rings is 1. The Hall–Kier alpha value is -1.55. The third-order valence-corrected chi connectivity index (χ3v) is 4.61. The molecule has 3 nitrogen and oxygen atoms in total. The molecular weight excluding hydrogens is 256 g/mol. The number of aryl methyl sites for hydroxylation is 1. The average molecular weight is 272 g/mol. The van der Waals surface area contributed by atoms with Gasteiger partial charge in [-0.15, -0.1) is 5.10 Å².